The molecule has 0 amide bonds. The van der Waals surface area contributed by atoms with E-state index in [4.69, 9.17) is 0 Å². The molecule has 14 heavy (non-hydrogen) atoms. The normalized spacial score (nSPS) is 14.9. The van der Waals surface area contributed by atoms with Gasteiger partial charge in [0, 0.05) is 0 Å². The number of nitriles is 1. The van der Waals surface area contributed by atoms with Crippen molar-refractivity contribution in [2.24, 2.45) is 0 Å². The molecule has 0 aliphatic rings. The highest BCUT2D eigenvalue weighted by atomic mass is 15.1. The van der Waals surface area contributed by atoms with Gasteiger partial charge >= 0.3 is 0 Å². The van der Waals surface area contributed by atoms with Crippen molar-refractivity contribution >= 4 is 0 Å². The lowest BCUT2D eigenvalue weighted by molar-refractivity contribution is 0.241. The van der Waals surface area contributed by atoms with Crippen LogP contribution in [0.15, 0.2) is 24.3 Å². The second-order valence-electron chi connectivity index (χ2n) is 3.95. The second kappa shape index (κ2) is 3.81. The van der Waals surface area contributed by atoms with Crippen molar-refractivity contribution in [3.63, 3.8) is 0 Å². The van der Waals surface area contributed by atoms with Gasteiger partial charge in [0.15, 0.2) is 0 Å². The third-order valence-corrected chi connectivity index (χ3v) is 2.69. The summed E-state index contributed by atoms with van der Waals surface area (Å²) < 4.78 is 0. The predicted molar refractivity (Wildman–Crippen MR) is 57.8 cm³/mol. The Bertz CT molecular complexity index is 363. The van der Waals surface area contributed by atoms with E-state index in [-0.39, 0.29) is 0 Å². The van der Waals surface area contributed by atoms with Crippen LogP contribution in [0, 0.1) is 18.3 Å². The van der Waals surface area contributed by atoms with Crippen LogP contribution in [-0.2, 0) is 5.54 Å². The van der Waals surface area contributed by atoms with Crippen LogP contribution >= 0.6 is 0 Å². The van der Waals surface area contributed by atoms with Crippen LogP contribution in [0.2, 0.25) is 0 Å². The molecular weight excluding hydrogens is 172 g/mol. The van der Waals surface area contributed by atoms with Crippen LogP contribution in [0.5, 0.6) is 0 Å². The first-order valence-electron chi connectivity index (χ1n) is 4.66. The molecule has 2 heteroatoms. The summed E-state index contributed by atoms with van der Waals surface area (Å²) in [5.41, 5.74) is 1.70. The number of benzene rings is 1. The molecule has 74 valence electrons. The van der Waals surface area contributed by atoms with E-state index in [0.717, 1.165) is 5.56 Å². The van der Waals surface area contributed by atoms with Gasteiger partial charge in [-0.2, -0.15) is 5.26 Å². The fourth-order valence-corrected chi connectivity index (χ4v) is 1.37. The van der Waals surface area contributed by atoms with Gasteiger partial charge in [0.2, 0.25) is 0 Å². The van der Waals surface area contributed by atoms with E-state index in [1.165, 1.54) is 5.56 Å². The maximum absolute atomic E-state index is 9.21. The van der Waals surface area contributed by atoms with Crippen LogP contribution in [0.25, 0.3) is 0 Å². The minimum absolute atomic E-state index is 0.536. The summed E-state index contributed by atoms with van der Waals surface area (Å²) in [5, 5.41) is 9.21. The highest BCUT2D eigenvalue weighted by Gasteiger charge is 2.28. The monoisotopic (exact) mass is 188 g/mol. The van der Waals surface area contributed by atoms with Crippen molar-refractivity contribution in [2.45, 2.75) is 19.4 Å². The molecule has 0 heterocycles. The number of hydrogen-bond donors (Lipinski definition) is 0. The third-order valence-electron chi connectivity index (χ3n) is 2.69. The van der Waals surface area contributed by atoms with Gasteiger partial charge in [-0.1, -0.05) is 29.8 Å². The Labute approximate surface area is 85.8 Å². The number of nitrogens with zero attached hydrogens (tertiary/aromatic N) is 2. The predicted octanol–water partition coefficient (Wildman–Crippen LogP) is 2.30. The summed E-state index contributed by atoms with van der Waals surface area (Å²) in [7, 11) is 3.84. The zero-order valence-electron chi connectivity index (χ0n) is 9.20. The van der Waals surface area contributed by atoms with E-state index in [1.807, 2.05) is 51.0 Å². The van der Waals surface area contributed by atoms with Crippen LogP contribution in [0.4, 0.5) is 0 Å². The smallest absolute Gasteiger partial charge is 0.131 e. The molecule has 1 aromatic carbocycles. The summed E-state index contributed by atoms with van der Waals surface area (Å²) >= 11 is 0. The molecule has 0 saturated carbocycles. The van der Waals surface area contributed by atoms with Gasteiger partial charge in [-0.05, 0) is 33.5 Å². The van der Waals surface area contributed by atoms with Gasteiger partial charge in [-0.15, -0.1) is 0 Å². The largest absolute Gasteiger partial charge is 0.288 e. The fourth-order valence-electron chi connectivity index (χ4n) is 1.37. The van der Waals surface area contributed by atoms with Gasteiger partial charge in [-0.3, -0.25) is 4.90 Å². The van der Waals surface area contributed by atoms with Crippen LogP contribution < -0.4 is 0 Å². The zero-order chi connectivity index (χ0) is 10.8. The summed E-state index contributed by atoms with van der Waals surface area (Å²) in [5.74, 6) is 0. The molecule has 0 aliphatic heterocycles. The van der Waals surface area contributed by atoms with Gasteiger partial charge in [0.25, 0.3) is 0 Å². The lowest BCUT2D eigenvalue weighted by atomic mass is 9.91. The van der Waals surface area contributed by atoms with Crippen molar-refractivity contribution in [1.82, 2.24) is 4.90 Å². The first-order chi connectivity index (χ1) is 6.50. The lowest BCUT2D eigenvalue weighted by Crippen LogP contribution is -2.36. The molecule has 0 fully saturated rings. The topological polar surface area (TPSA) is 27.0 Å². The Morgan fingerprint density at radius 2 is 2.00 bits per heavy atom. The summed E-state index contributed by atoms with van der Waals surface area (Å²) in [4.78, 5) is 1.93. The average Bonchev–Trinajstić information content (AvgIpc) is 2.16. The highest BCUT2D eigenvalue weighted by molar-refractivity contribution is 5.33. The summed E-state index contributed by atoms with van der Waals surface area (Å²) in [6.07, 6.45) is 0. The molecule has 1 atom stereocenters. The molecule has 2 nitrogen and oxygen atoms in total. The van der Waals surface area contributed by atoms with Gasteiger partial charge in [-0.25, -0.2) is 0 Å². The number of hydrogen-bond acceptors (Lipinski definition) is 2. The number of rotatable bonds is 2. The fraction of sp³-hybridized carbons (Fsp3) is 0.417. The van der Waals surface area contributed by atoms with E-state index in [0.29, 0.717) is 0 Å². The molecule has 0 aromatic heterocycles. The molecule has 0 aliphatic carbocycles. The Kier molecular flexibility index (Phi) is 2.93. The molecule has 0 bridgehead atoms. The SMILES string of the molecule is Cc1cccc(C(C)(C#N)N(C)C)c1. The van der Waals surface area contributed by atoms with Crippen molar-refractivity contribution < 1.29 is 0 Å². The lowest BCUT2D eigenvalue weighted by Gasteiger charge is -2.30. The first kappa shape index (κ1) is 10.7. The van der Waals surface area contributed by atoms with Crippen LogP contribution in [0.1, 0.15) is 18.1 Å². The van der Waals surface area contributed by atoms with Gasteiger partial charge in [0.05, 0.1) is 6.07 Å². The second-order valence-corrected chi connectivity index (χ2v) is 3.95. The molecule has 1 rings (SSSR count). The number of aryl methyl sites for hydroxylation is 1. The first-order valence-corrected chi connectivity index (χ1v) is 4.66. The van der Waals surface area contributed by atoms with Gasteiger partial charge < -0.3 is 0 Å². The van der Waals surface area contributed by atoms with Crippen molar-refractivity contribution in [3.8, 4) is 6.07 Å². The van der Waals surface area contributed by atoms with Crippen LogP contribution in [-0.4, -0.2) is 19.0 Å². The quantitative estimate of drug-likeness (QED) is 0.712. The molecule has 1 aromatic rings. The molecule has 0 radical (unpaired) electrons. The maximum atomic E-state index is 9.21. The molecule has 0 N–H and O–H groups in total. The van der Waals surface area contributed by atoms with E-state index >= 15 is 0 Å². The van der Waals surface area contributed by atoms with Crippen molar-refractivity contribution in [1.29, 1.82) is 5.26 Å². The van der Waals surface area contributed by atoms with Gasteiger partial charge in [0.1, 0.15) is 5.54 Å². The Morgan fingerprint density at radius 1 is 1.36 bits per heavy atom. The van der Waals surface area contributed by atoms with E-state index < -0.39 is 5.54 Å². The molecule has 1 unspecified atom stereocenters. The minimum Gasteiger partial charge on any atom is -0.288 e. The standard InChI is InChI=1S/C12H16N2/c1-10-6-5-7-11(8-10)12(2,9-13)14(3)4/h5-8H,1-4H3. The third kappa shape index (κ3) is 1.78. The van der Waals surface area contributed by atoms with Crippen LogP contribution in [0.3, 0.4) is 0 Å². The molecule has 0 saturated heterocycles. The molecule has 0 spiro atoms. The average molecular weight is 188 g/mol. The highest BCUT2D eigenvalue weighted by Crippen LogP contribution is 2.25. The molecular formula is C12H16N2. The van der Waals surface area contributed by atoms with Crippen molar-refractivity contribution in [3.05, 3.63) is 35.4 Å². The minimum atomic E-state index is -0.536. The summed E-state index contributed by atoms with van der Waals surface area (Å²) in [6, 6.07) is 10.4. The Hall–Kier alpha value is -1.33. The maximum Gasteiger partial charge on any atom is 0.131 e. The Balaban J connectivity index is 3.21. The zero-order valence-corrected chi connectivity index (χ0v) is 9.20. The van der Waals surface area contributed by atoms with E-state index in [2.05, 4.69) is 12.1 Å². The van der Waals surface area contributed by atoms with E-state index in [1.54, 1.807) is 0 Å². The van der Waals surface area contributed by atoms with E-state index in [9.17, 15) is 5.26 Å². The Morgan fingerprint density at radius 3 is 2.43 bits per heavy atom. The van der Waals surface area contributed by atoms with Crippen molar-refractivity contribution in [2.75, 3.05) is 14.1 Å². The summed E-state index contributed by atoms with van der Waals surface area (Å²) in [6.45, 7) is 3.97.